The van der Waals surface area contributed by atoms with Crippen LogP contribution < -0.4 is 0 Å². The number of ketones is 4. The molecule has 0 bridgehead atoms. The molecular weight excluding hydrogens is 608 g/mol. The van der Waals surface area contributed by atoms with Gasteiger partial charge in [0.15, 0.2) is 17.2 Å². The predicted octanol–water partition coefficient (Wildman–Crippen LogP) is 6.94. The van der Waals surface area contributed by atoms with Gasteiger partial charge < -0.3 is 20.4 Å². The quantitative estimate of drug-likeness (QED) is 0.235. The molecular formula is C40H46O8. The number of carbonyl (C=O) groups excluding carboxylic acids is 4. The molecule has 2 aromatic rings. The van der Waals surface area contributed by atoms with Crippen molar-refractivity contribution >= 4 is 28.9 Å². The van der Waals surface area contributed by atoms with E-state index in [0.29, 0.717) is 24.3 Å². The Balaban J connectivity index is 1.41. The maximum absolute atomic E-state index is 14.5. The molecule has 2 fully saturated rings. The van der Waals surface area contributed by atoms with Crippen molar-refractivity contribution in [3.63, 3.8) is 0 Å². The molecule has 0 aromatic heterocycles. The minimum atomic E-state index is -2.64. The van der Waals surface area contributed by atoms with Crippen LogP contribution in [0.5, 0.6) is 5.75 Å². The van der Waals surface area contributed by atoms with Crippen molar-refractivity contribution in [3.8, 4) is 16.9 Å². The highest BCUT2D eigenvalue weighted by atomic mass is 16.3. The summed E-state index contributed by atoms with van der Waals surface area (Å²) in [5, 5.41) is 46.5. The van der Waals surface area contributed by atoms with Gasteiger partial charge >= 0.3 is 0 Å². The number of aliphatic hydroxyl groups is 3. The zero-order chi connectivity index (χ0) is 34.9. The molecule has 6 rings (SSSR count). The van der Waals surface area contributed by atoms with E-state index in [1.54, 1.807) is 33.8 Å². The smallest absolute Gasteiger partial charge is 0.203 e. The van der Waals surface area contributed by atoms with Crippen LogP contribution in [0.1, 0.15) is 96.3 Å². The highest BCUT2D eigenvalue weighted by Gasteiger charge is 2.72. The Morgan fingerprint density at radius 2 is 1.58 bits per heavy atom. The van der Waals surface area contributed by atoms with Crippen LogP contribution in [-0.4, -0.2) is 49.2 Å². The maximum Gasteiger partial charge on any atom is 0.203 e. The predicted molar refractivity (Wildman–Crippen MR) is 181 cm³/mol. The molecule has 0 saturated heterocycles. The standard InChI is InChI=1S/C40H46O8/c1-21(2)32-34(44)30(22(3)41)36(46)40(48)37(47)33-35(45)31-28(19-38(33,4)20-39(32,40)5)27(15-16-29(31)43)25-13-11-24(12-14-25)18-26(42)17-23-9-7-6-8-10-23/h11-16,21,23,32,43,45-46,48H,6-10,17-20H2,1-5H3/t32?,38-,39-,40+/m1/s1. The number of aliphatic hydroxyl groups excluding tert-OH is 2. The molecule has 0 aliphatic heterocycles. The van der Waals surface area contributed by atoms with Crippen LogP contribution in [0.3, 0.4) is 0 Å². The SMILES string of the molecule is CC(=O)C1=C(O)[C@]2(O)C(=O)C3=C(O)c4c(O)ccc(-c5ccc(CC(=O)CC6CCCCC6)cc5)c4C[C@]3(C)C[C@]2(C)C(C(C)C)C1=O. The first-order valence-electron chi connectivity index (χ1n) is 17.2. The van der Waals surface area contributed by atoms with Gasteiger partial charge in [0.1, 0.15) is 28.6 Å². The molecule has 8 heteroatoms. The average Bonchev–Trinajstić information content (AvgIpc) is 2.99. The Morgan fingerprint density at radius 3 is 2.19 bits per heavy atom. The minimum absolute atomic E-state index is 0.0298. The van der Waals surface area contributed by atoms with Gasteiger partial charge in [0.05, 0.1) is 5.56 Å². The fourth-order valence-electron chi connectivity index (χ4n) is 9.80. The number of phenols is 1. The average molecular weight is 655 g/mol. The summed E-state index contributed by atoms with van der Waals surface area (Å²) in [5.41, 5.74) is -2.89. The van der Waals surface area contributed by atoms with Gasteiger partial charge in [0.2, 0.25) is 5.78 Å². The Bertz CT molecular complexity index is 1790. The minimum Gasteiger partial charge on any atom is -0.508 e. The van der Waals surface area contributed by atoms with Crippen LogP contribution in [0, 0.1) is 28.6 Å². The van der Waals surface area contributed by atoms with E-state index in [1.165, 1.54) is 25.3 Å². The van der Waals surface area contributed by atoms with E-state index in [0.717, 1.165) is 36.5 Å². The van der Waals surface area contributed by atoms with Gasteiger partial charge in [0, 0.05) is 35.2 Å². The van der Waals surface area contributed by atoms with E-state index in [9.17, 15) is 39.6 Å². The van der Waals surface area contributed by atoms with E-state index in [2.05, 4.69) is 0 Å². The first-order valence-corrected chi connectivity index (χ1v) is 17.2. The molecule has 8 nitrogen and oxygen atoms in total. The number of hydrogen-bond acceptors (Lipinski definition) is 8. The number of fused-ring (bicyclic) bond motifs is 3. The van der Waals surface area contributed by atoms with Gasteiger partial charge in [-0.05, 0) is 59.9 Å². The second-order valence-electron chi connectivity index (χ2n) is 15.6. The van der Waals surface area contributed by atoms with Crippen molar-refractivity contribution in [2.75, 3.05) is 0 Å². The number of benzene rings is 2. The molecule has 2 saturated carbocycles. The molecule has 48 heavy (non-hydrogen) atoms. The number of phenolic OH excluding ortho intramolecular Hbond substituents is 1. The summed E-state index contributed by atoms with van der Waals surface area (Å²) in [7, 11) is 0. The van der Waals surface area contributed by atoms with Gasteiger partial charge in [-0.25, -0.2) is 0 Å². The number of carbonyl (C=O) groups is 4. The molecule has 0 amide bonds. The molecule has 4 aliphatic rings. The van der Waals surface area contributed by atoms with Gasteiger partial charge in [0.25, 0.3) is 0 Å². The van der Waals surface area contributed by atoms with Crippen LogP contribution in [0.2, 0.25) is 0 Å². The lowest BCUT2D eigenvalue weighted by Crippen LogP contribution is -2.69. The highest BCUT2D eigenvalue weighted by Crippen LogP contribution is 2.65. The van der Waals surface area contributed by atoms with Crippen molar-refractivity contribution in [2.45, 2.75) is 98.0 Å². The zero-order valence-electron chi connectivity index (χ0n) is 28.5. The van der Waals surface area contributed by atoms with Crippen LogP contribution >= 0.6 is 0 Å². The summed E-state index contributed by atoms with van der Waals surface area (Å²) in [5.74, 6) is -4.73. The Hall–Kier alpha value is -4.04. The first kappa shape index (κ1) is 33.8. The van der Waals surface area contributed by atoms with Crippen molar-refractivity contribution in [2.24, 2.45) is 28.6 Å². The number of aromatic hydroxyl groups is 1. The van der Waals surface area contributed by atoms with Crippen molar-refractivity contribution in [1.82, 2.24) is 0 Å². The third-order valence-corrected chi connectivity index (χ3v) is 11.8. The second kappa shape index (κ2) is 11.8. The summed E-state index contributed by atoms with van der Waals surface area (Å²) in [6.45, 7) is 8.07. The summed E-state index contributed by atoms with van der Waals surface area (Å²) in [4.78, 5) is 53.7. The molecule has 0 radical (unpaired) electrons. The lowest BCUT2D eigenvalue weighted by molar-refractivity contribution is -0.178. The van der Waals surface area contributed by atoms with Crippen LogP contribution in [-0.2, 0) is 32.0 Å². The number of rotatable bonds is 7. The molecule has 4 N–H and O–H groups in total. The maximum atomic E-state index is 14.5. The lowest BCUT2D eigenvalue weighted by atomic mass is 9.43. The second-order valence-corrected chi connectivity index (χ2v) is 15.6. The molecule has 4 atom stereocenters. The van der Waals surface area contributed by atoms with Crippen LogP contribution in [0.4, 0.5) is 0 Å². The summed E-state index contributed by atoms with van der Waals surface area (Å²) in [6, 6.07) is 10.9. The fraction of sp³-hybridized carbons (Fsp3) is 0.500. The largest absolute Gasteiger partial charge is 0.508 e. The Kier molecular flexibility index (Phi) is 8.34. The summed E-state index contributed by atoms with van der Waals surface area (Å²) < 4.78 is 0. The summed E-state index contributed by atoms with van der Waals surface area (Å²) in [6.07, 6.45) is 7.07. The van der Waals surface area contributed by atoms with Gasteiger partial charge in [-0.2, -0.15) is 0 Å². The monoisotopic (exact) mass is 654 g/mol. The number of Topliss-reactive ketones (excluding diaryl/α,β-unsaturated/α-hetero) is 4. The van der Waals surface area contributed by atoms with Crippen LogP contribution in [0.15, 0.2) is 53.3 Å². The lowest BCUT2D eigenvalue weighted by Gasteiger charge is -2.59. The molecule has 0 heterocycles. The molecule has 2 aromatic carbocycles. The van der Waals surface area contributed by atoms with E-state index in [4.69, 9.17) is 0 Å². The molecule has 0 spiro atoms. The fourth-order valence-corrected chi connectivity index (χ4v) is 9.80. The molecule has 4 aliphatic carbocycles. The van der Waals surface area contributed by atoms with E-state index in [1.807, 2.05) is 24.3 Å². The highest BCUT2D eigenvalue weighted by molar-refractivity contribution is 6.24. The third-order valence-electron chi connectivity index (χ3n) is 11.8. The Morgan fingerprint density at radius 1 is 0.938 bits per heavy atom. The van der Waals surface area contributed by atoms with Crippen molar-refractivity contribution in [3.05, 3.63) is 70.0 Å². The van der Waals surface area contributed by atoms with E-state index >= 15 is 0 Å². The van der Waals surface area contributed by atoms with Gasteiger partial charge in [-0.1, -0.05) is 90.1 Å². The topological polar surface area (TPSA) is 149 Å². The number of allylic oxidation sites excluding steroid dienone is 1. The number of hydrogen-bond donors (Lipinski definition) is 4. The van der Waals surface area contributed by atoms with E-state index in [-0.39, 0.29) is 35.5 Å². The Labute approximate surface area is 281 Å². The van der Waals surface area contributed by atoms with Gasteiger partial charge in [-0.15, -0.1) is 0 Å². The normalized spacial score (nSPS) is 29.1. The van der Waals surface area contributed by atoms with Crippen molar-refractivity contribution < 1.29 is 39.6 Å². The first-order chi connectivity index (χ1) is 22.5. The molecule has 1 unspecified atom stereocenters. The van der Waals surface area contributed by atoms with Crippen LogP contribution in [0.25, 0.3) is 16.9 Å². The van der Waals surface area contributed by atoms with E-state index < -0.39 is 62.7 Å². The van der Waals surface area contributed by atoms with Crippen molar-refractivity contribution in [1.29, 1.82) is 0 Å². The summed E-state index contributed by atoms with van der Waals surface area (Å²) >= 11 is 0. The third kappa shape index (κ3) is 4.97. The molecule has 254 valence electrons. The van der Waals surface area contributed by atoms with Gasteiger partial charge in [-0.3, -0.25) is 19.2 Å². The zero-order valence-corrected chi connectivity index (χ0v) is 28.5.